The Morgan fingerprint density at radius 2 is 1.43 bits per heavy atom. The molecule has 126 valence electrons. The van der Waals surface area contributed by atoms with Gasteiger partial charge in [0.1, 0.15) is 0 Å². The van der Waals surface area contributed by atoms with Crippen molar-refractivity contribution in [3.63, 3.8) is 0 Å². The zero-order chi connectivity index (χ0) is 17.8. The van der Waals surface area contributed by atoms with Gasteiger partial charge >= 0.3 is 0 Å². The van der Waals surface area contributed by atoms with Gasteiger partial charge in [0.05, 0.1) is 5.70 Å². The first-order valence-corrected chi connectivity index (χ1v) is 8.48. The minimum absolute atomic E-state index is 0.575. The van der Waals surface area contributed by atoms with Crippen molar-refractivity contribution >= 4 is 5.71 Å². The van der Waals surface area contributed by atoms with Crippen molar-refractivity contribution in [3.8, 4) is 0 Å². The Kier molecular flexibility index (Phi) is 31.6. The predicted molar refractivity (Wildman–Crippen MR) is 103 cm³/mol. The SMILES string of the molecule is C=C(N)/C=C1/CCCC(C)=NC1=C.CC.CC.CC.CC. The van der Waals surface area contributed by atoms with Crippen molar-refractivity contribution in [2.45, 2.75) is 81.6 Å². The normalized spacial score (nSPS) is 14.2. The van der Waals surface area contributed by atoms with E-state index in [1.807, 2.05) is 68.4 Å². The van der Waals surface area contributed by atoms with Crippen LogP contribution >= 0.6 is 0 Å². The summed E-state index contributed by atoms with van der Waals surface area (Å²) >= 11 is 0. The van der Waals surface area contributed by atoms with E-state index in [0.717, 1.165) is 36.2 Å². The first-order chi connectivity index (χ1) is 10.1. The summed E-state index contributed by atoms with van der Waals surface area (Å²) in [6, 6.07) is 0. The third kappa shape index (κ3) is 18.7. The lowest BCUT2D eigenvalue weighted by molar-refractivity contribution is 0.873. The number of rotatable bonds is 1. The van der Waals surface area contributed by atoms with E-state index in [9.17, 15) is 0 Å². The lowest BCUT2D eigenvalue weighted by Crippen LogP contribution is -1.93. The zero-order valence-electron chi connectivity index (χ0n) is 16.1. The standard InChI is InChI=1S/C11H16N2.4C2H6/c1-8(12)7-11-6-4-5-9(2)13-10(11)3;4*1-2/h7H,1,3-6,12H2,2H3;4*1-2H3/b11-7-;;;;. The minimum atomic E-state index is 0.575. The first-order valence-electron chi connectivity index (χ1n) is 8.48. The summed E-state index contributed by atoms with van der Waals surface area (Å²) in [5, 5.41) is 0. The summed E-state index contributed by atoms with van der Waals surface area (Å²) in [4.78, 5) is 4.37. The van der Waals surface area contributed by atoms with E-state index in [-0.39, 0.29) is 0 Å². The third-order valence-electron chi connectivity index (χ3n) is 2.04. The number of hydrogen-bond acceptors (Lipinski definition) is 2. The van der Waals surface area contributed by atoms with E-state index in [2.05, 4.69) is 18.2 Å². The molecule has 2 nitrogen and oxygen atoms in total. The van der Waals surface area contributed by atoms with Crippen LogP contribution in [0.3, 0.4) is 0 Å². The Labute approximate surface area is 134 Å². The molecule has 0 fully saturated rings. The molecule has 21 heavy (non-hydrogen) atoms. The molecule has 1 aliphatic heterocycles. The van der Waals surface area contributed by atoms with Gasteiger partial charge < -0.3 is 5.73 Å². The quantitative estimate of drug-likeness (QED) is 0.578. The summed E-state index contributed by atoms with van der Waals surface area (Å²) in [6.07, 6.45) is 5.03. The molecule has 1 aliphatic rings. The number of nitrogens with zero attached hydrogens (tertiary/aromatic N) is 1. The highest BCUT2D eigenvalue weighted by Crippen LogP contribution is 2.22. The highest BCUT2D eigenvalue weighted by molar-refractivity contribution is 5.83. The van der Waals surface area contributed by atoms with Crippen LogP contribution in [-0.4, -0.2) is 5.71 Å². The molecular formula is C19H40N2. The van der Waals surface area contributed by atoms with Gasteiger partial charge in [-0.15, -0.1) is 0 Å². The van der Waals surface area contributed by atoms with Gasteiger partial charge in [-0.3, -0.25) is 4.99 Å². The number of nitrogens with two attached hydrogens (primary N) is 1. The molecule has 0 saturated carbocycles. The monoisotopic (exact) mass is 296 g/mol. The van der Waals surface area contributed by atoms with Gasteiger partial charge in [0.2, 0.25) is 0 Å². The van der Waals surface area contributed by atoms with Gasteiger partial charge in [-0.05, 0) is 37.8 Å². The van der Waals surface area contributed by atoms with Crippen LogP contribution in [0.2, 0.25) is 0 Å². The third-order valence-corrected chi connectivity index (χ3v) is 2.04. The summed E-state index contributed by atoms with van der Waals surface area (Å²) in [6.45, 7) is 25.6. The molecule has 0 radical (unpaired) electrons. The second-order valence-corrected chi connectivity index (χ2v) is 3.39. The fourth-order valence-electron chi connectivity index (χ4n) is 1.42. The van der Waals surface area contributed by atoms with E-state index in [0.29, 0.717) is 5.70 Å². The Balaban J connectivity index is -0.000000156. The van der Waals surface area contributed by atoms with Gasteiger partial charge in [-0.1, -0.05) is 68.5 Å². The topological polar surface area (TPSA) is 38.4 Å². The Hall–Kier alpha value is -1.31. The van der Waals surface area contributed by atoms with Crippen LogP contribution in [0.25, 0.3) is 0 Å². The fraction of sp³-hybridized carbons (Fsp3) is 0.632. The molecule has 0 unspecified atom stereocenters. The molecule has 2 N–H and O–H groups in total. The minimum Gasteiger partial charge on any atom is -0.399 e. The van der Waals surface area contributed by atoms with Gasteiger partial charge in [-0.25, -0.2) is 0 Å². The van der Waals surface area contributed by atoms with Crippen molar-refractivity contribution < 1.29 is 0 Å². The number of allylic oxidation sites excluding steroid dienone is 2. The van der Waals surface area contributed by atoms with E-state index in [1.54, 1.807) is 0 Å². The second kappa shape index (κ2) is 23.8. The highest BCUT2D eigenvalue weighted by atomic mass is 14.8. The van der Waals surface area contributed by atoms with Crippen LogP contribution in [-0.2, 0) is 0 Å². The average Bonchev–Trinajstić information content (AvgIpc) is 2.68. The predicted octanol–water partition coefficient (Wildman–Crippen LogP) is 6.65. The average molecular weight is 297 g/mol. The Morgan fingerprint density at radius 3 is 1.81 bits per heavy atom. The second-order valence-electron chi connectivity index (χ2n) is 3.39. The largest absolute Gasteiger partial charge is 0.399 e. The lowest BCUT2D eigenvalue weighted by Gasteiger charge is -2.02. The summed E-state index contributed by atoms with van der Waals surface area (Å²) in [7, 11) is 0. The van der Waals surface area contributed by atoms with Gasteiger partial charge in [0, 0.05) is 11.4 Å². The molecule has 1 heterocycles. The Bertz CT molecular complexity index is 297. The van der Waals surface area contributed by atoms with Gasteiger partial charge in [0.25, 0.3) is 0 Å². The summed E-state index contributed by atoms with van der Waals surface area (Å²) < 4.78 is 0. The van der Waals surface area contributed by atoms with Crippen molar-refractivity contribution in [2.75, 3.05) is 0 Å². The van der Waals surface area contributed by atoms with Crippen molar-refractivity contribution in [3.05, 3.63) is 36.2 Å². The molecule has 0 aromatic heterocycles. The zero-order valence-corrected chi connectivity index (χ0v) is 16.1. The molecule has 2 heteroatoms. The maximum Gasteiger partial charge on any atom is 0.0589 e. The first kappa shape index (κ1) is 27.9. The van der Waals surface area contributed by atoms with Gasteiger partial charge in [0.15, 0.2) is 0 Å². The molecular weight excluding hydrogens is 256 g/mol. The van der Waals surface area contributed by atoms with Crippen LogP contribution in [0.5, 0.6) is 0 Å². The van der Waals surface area contributed by atoms with Crippen molar-refractivity contribution in [1.29, 1.82) is 0 Å². The van der Waals surface area contributed by atoms with Crippen molar-refractivity contribution in [1.82, 2.24) is 0 Å². The molecule has 0 aromatic rings. The van der Waals surface area contributed by atoms with E-state index < -0.39 is 0 Å². The molecule has 0 atom stereocenters. The lowest BCUT2D eigenvalue weighted by atomic mass is 10.1. The van der Waals surface area contributed by atoms with Crippen LogP contribution in [0.4, 0.5) is 0 Å². The Morgan fingerprint density at radius 1 is 1.00 bits per heavy atom. The number of hydrogen-bond donors (Lipinski definition) is 1. The summed E-state index contributed by atoms with van der Waals surface area (Å²) in [5.41, 5.74) is 9.18. The van der Waals surface area contributed by atoms with E-state index in [4.69, 9.17) is 5.73 Å². The highest BCUT2D eigenvalue weighted by Gasteiger charge is 2.07. The molecule has 0 aliphatic carbocycles. The van der Waals surface area contributed by atoms with Crippen LogP contribution in [0, 0.1) is 0 Å². The molecule has 0 spiro atoms. The molecule has 0 saturated heterocycles. The smallest absolute Gasteiger partial charge is 0.0589 e. The van der Waals surface area contributed by atoms with Gasteiger partial charge in [-0.2, -0.15) is 0 Å². The summed E-state index contributed by atoms with van der Waals surface area (Å²) in [5.74, 6) is 0. The number of aliphatic imine (C=N–C) groups is 1. The van der Waals surface area contributed by atoms with Crippen LogP contribution in [0.1, 0.15) is 81.6 Å². The molecule has 0 aromatic carbocycles. The van der Waals surface area contributed by atoms with E-state index in [1.165, 1.54) is 0 Å². The maximum atomic E-state index is 5.51. The molecule has 0 bridgehead atoms. The van der Waals surface area contributed by atoms with Crippen molar-refractivity contribution in [2.24, 2.45) is 10.7 Å². The molecule has 1 rings (SSSR count). The molecule has 0 amide bonds. The van der Waals surface area contributed by atoms with Crippen LogP contribution < -0.4 is 5.73 Å². The fourth-order valence-corrected chi connectivity index (χ4v) is 1.42. The van der Waals surface area contributed by atoms with E-state index >= 15 is 0 Å². The van der Waals surface area contributed by atoms with Crippen LogP contribution in [0.15, 0.2) is 41.2 Å². The maximum absolute atomic E-state index is 5.51.